The van der Waals surface area contributed by atoms with Gasteiger partial charge in [-0.2, -0.15) is 5.26 Å². The Balaban J connectivity index is 2.39. The minimum atomic E-state index is 0.327. The van der Waals surface area contributed by atoms with Crippen molar-refractivity contribution in [2.75, 3.05) is 5.73 Å². The third-order valence-electron chi connectivity index (χ3n) is 3.36. The minimum absolute atomic E-state index is 0.327. The van der Waals surface area contributed by atoms with Crippen molar-refractivity contribution in [1.82, 2.24) is 0 Å². The molecule has 1 unspecified atom stereocenters. The van der Waals surface area contributed by atoms with E-state index in [1.807, 2.05) is 36.4 Å². The Morgan fingerprint density at radius 1 is 0.895 bits per heavy atom. The van der Waals surface area contributed by atoms with Crippen molar-refractivity contribution in [3.63, 3.8) is 0 Å². The zero-order valence-electron chi connectivity index (χ0n) is 11.3. The van der Waals surface area contributed by atoms with Gasteiger partial charge in [-0.3, -0.25) is 0 Å². The first-order valence-electron chi connectivity index (χ1n) is 6.47. The van der Waals surface area contributed by atoms with Gasteiger partial charge >= 0.3 is 0 Å². The molecule has 96 valence electrons. The summed E-state index contributed by atoms with van der Waals surface area (Å²) in [7, 11) is 0. The van der Waals surface area contributed by atoms with Crippen molar-refractivity contribution in [1.29, 1.82) is 5.26 Å². The van der Waals surface area contributed by atoms with E-state index in [1.165, 1.54) is 11.1 Å². The maximum atomic E-state index is 8.86. The van der Waals surface area contributed by atoms with Crippen LogP contribution in [0.4, 0.5) is 5.69 Å². The van der Waals surface area contributed by atoms with Crippen LogP contribution in [0.1, 0.15) is 36.5 Å². The van der Waals surface area contributed by atoms with Crippen LogP contribution < -0.4 is 5.73 Å². The fourth-order valence-electron chi connectivity index (χ4n) is 2.43. The molecule has 2 heteroatoms. The number of anilines is 1. The van der Waals surface area contributed by atoms with Crippen LogP contribution in [0.2, 0.25) is 0 Å². The average Bonchev–Trinajstić information content (AvgIpc) is 2.42. The molecule has 2 rings (SSSR count). The van der Waals surface area contributed by atoms with Gasteiger partial charge in [-0.15, -0.1) is 0 Å². The van der Waals surface area contributed by atoms with E-state index in [4.69, 9.17) is 11.0 Å². The average molecular weight is 250 g/mol. The summed E-state index contributed by atoms with van der Waals surface area (Å²) >= 11 is 0. The first kappa shape index (κ1) is 13.2. The molecule has 1 atom stereocenters. The van der Waals surface area contributed by atoms with Crippen LogP contribution >= 0.6 is 0 Å². The quantitative estimate of drug-likeness (QED) is 0.839. The predicted molar refractivity (Wildman–Crippen MR) is 78.7 cm³/mol. The summed E-state index contributed by atoms with van der Waals surface area (Å²) in [6, 6.07) is 18.0. The zero-order valence-corrected chi connectivity index (χ0v) is 11.3. The summed E-state index contributed by atoms with van der Waals surface area (Å²) in [5.41, 5.74) is 9.72. The van der Waals surface area contributed by atoms with Crippen LogP contribution in [0.3, 0.4) is 0 Å². The molecule has 2 aromatic carbocycles. The summed E-state index contributed by atoms with van der Waals surface area (Å²) in [6.07, 6.45) is 0. The van der Waals surface area contributed by atoms with Crippen molar-refractivity contribution >= 4 is 5.69 Å². The van der Waals surface area contributed by atoms with Gasteiger partial charge in [-0.25, -0.2) is 0 Å². The lowest BCUT2D eigenvalue weighted by molar-refractivity contribution is 0.564. The van der Waals surface area contributed by atoms with Gasteiger partial charge in [0.05, 0.1) is 11.6 Å². The van der Waals surface area contributed by atoms with Gasteiger partial charge < -0.3 is 5.73 Å². The Morgan fingerprint density at radius 2 is 1.37 bits per heavy atom. The number of nitriles is 1. The molecule has 2 aromatic rings. The van der Waals surface area contributed by atoms with E-state index in [1.54, 1.807) is 0 Å². The lowest BCUT2D eigenvalue weighted by atomic mass is 9.82. The first-order chi connectivity index (χ1) is 9.11. The van der Waals surface area contributed by atoms with E-state index in [-0.39, 0.29) is 0 Å². The number of hydrogen-bond donors (Lipinski definition) is 1. The molecule has 19 heavy (non-hydrogen) atoms. The van der Waals surface area contributed by atoms with Crippen LogP contribution in [0.25, 0.3) is 0 Å². The summed E-state index contributed by atoms with van der Waals surface area (Å²) in [5, 5.41) is 8.86. The molecule has 0 aliphatic rings. The second kappa shape index (κ2) is 5.58. The molecule has 0 amide bonds. The third-order valence-corrected chi connectivity index (χ3v) is 3.36. The molecule has 0 saturated carbocycles. The van der Waals surface area contributed by atoms with Gasteiger partial charge in [0.15, 0.2) is 0 Å². The molecule has 0 fully saturated rings. The van der Waals surface area contributed by atoms with E-state index >= 15 is 0 Å². The maximum absolute atomic E-state index is 8.86. The smallest absolute Gasteiger partial charge is 0.0991 e. The second-order valence-corrected chi connectivity index (χ2v) is 5.12. The largest absolute Gasteiger partial charge is 0.399 e. The monoisotopic (exact) mass is 250 g/mol. The molecule has 0 spiro atoms. The van der Waals surface area contributed by atoms with Crippen molar-refractivity contribution in [3.05, 3.63) is 65.2 Å². The number of nitrogen functional groups attached to an aromatic ring is 1. The standard InChI is InChI=1S/C17H18N2/c1-12(2)17(15-7-9-16(19)10-8-15)14-5-3-13(11-18)4-6-14/h3-10,12,17H,19H2,1-2H3. The Hall–Kier alpha value is -2.27. The highest BCUT2D eigenvalue weighted by Crippen LogP contribution is 2.32. The first-order valence-corrected chi connectivity index (χ1v) is 6.47. The maximum Gasteiger partial charge on any atom is 0.0991 e. The lowest BCUT2D eigenvalue weighted by Gasteiger charge is -2.22. The number of rotatable bonds is 3. The Labute approximate surface area is 114 Å². The summed E-state index contributed by atoms with van der Waals surface area (Å²) in [6.45, 7) is 4.42. The van der Waals surface area contributed by atoms with Crippen LogP contribution in [0, 0.1) is 17.2 Å². The SMILES string of the molecule is CC(C)C(c1ccc(N)cc1)c1ccc(C#N)cc1. The van der Waals surface area contributed by atoms with Crippen molar-refractivity contribution in [2.24, 2.45) is 5.92 Å². The zero-order chi connectivity index (χ0) is 13.8. The topological polar surface area (TPSA) is 49.8 Å². The van der Waals surface area contributed by atoms with Gasteiger partial charge in [-0.1, -0.05) is 38.1 Å². The molecule has 0 heterocycles. The third kappa shape index (κ3) is 2.95. The highest BCUT2D eigenvalue weighted by molar-refractivity contribution is 5.44. The molecule has 2 N–H and O–H groups in total. The molecule has 0 aliphatic carbocycles. The van der Waals surface area contributed by atoms with E-state index in [0.717, 1.165) is 5.69 Å². The van der Waals surface area contributed by atoms with E-state index in [0.29, 0.717) is 17.4 Å². The predicted octanol–water partition coefficient (Wildman–Crippen LogP) is 3.93. The molecule has 0 aromatic heterocycles. The van der Waals surface area contributed by atoms with Crippen LogP contribution in [-0.4, -0.2) is 0 Å². The molecule has 0 radical (unpaired) electrons. The molecule has 0 aliphatic heterocycles. The molecular formula is C17H18N2. The highest BCUT2D eigenvalue weighted by Gasteiger charge is 2.17. The highest BCUT2D eigenvalue weighted by atomic mass is 14.5. The Morgan fingerprint density at radius 3 is 1.79 bits per heavy atom. The minimum Gasteiger partial charge on any atom is -0.399 e. The molecule has 0 bridgehead atoms. The number of benzene rings is 2. The molecule has 2 nitrogen and oxygen atoms in total. The Kier molecular flexibility index (Phi) is 3.87. The summed E-state index contributed by atoms with van der Waals surface area (Å²) in [5.74, 6) is 0.810. The van der Waals surface area contributed by atoms with Crippen LogP contribution in [-0.2, 0) is 0 Å². The number of nitrogens with zero attached hydrogens (tertiary/aromatic N) is 1. The van der Waals surface area contributed by atoms with Gasteiger partial charge in [0.25, 0.3) is 0 Å². The van der Waals surface area contributed by atoms with Gasteiger partial charge in [-0.05, 0) is 41.3 Å². The van der Waals surface area contributed by atoms with Crippen molar-refractivity contribution < 1.29 is 0 Å². The number of hydrogen-bond acceptors (Lipinski definition) is 2. The molecular weight excluding hydrogens is 232 g/mol. The normalized spacial score (nSPS) is 12.1. The van der Waals surface area contributed by atoms with Crippen LogP contribution in [0.15, 0.2) is 48.5 Å². The number of nitrogens with two attached hydrogens (primary N) is 1. The molecule has 0 saturated heterocycles. The fourth-order valence-corrected chi connectivity index (χ4v) is 2.43. The fraction of sp³-hybridized carbons (Fsp3) is 0.235. The summed E-state index contributed by atoms with van der Waals surface area (Å²) in [4.78, 5) is 0. The van der Waals surface area contributed by atoms with Crippen molar-refractivity contribution in [2.45, 2.75) is 19.8 Å². The Bertz CT molecular complexity index is 574. The van der Waals surface area contributed by atoms with E-state index in [9.17, 15) is 0 Å². The van der Waals surface area contributed by atoms with Gasteiger partial charge in [0.2, 0.25) is 0 Å². The summed E-state index contributed by atoms with van der Waals surface area (Å²) < 4.78 is 0. The van der Waals surface area contributed by atoms with E-state index < -0.39 is 0 Å². The van der Waals surface area contributed by atoms with E-state index in [2.05, 4.69) is 32.0 Å². The van der Waals surface area contributed by atoms with Gasteiger partial charge in [0.1, 0.15) is 0 Å². The lowest BCUT2D eigenvalue weighted by Crippen LogP contribution is -2.08. The van der Waals surface area contributed by atoms with Crippen molar-refractivity contribution in [3.8, 4) is 6.07 Å². The van der Waals surface area contributed by atoms with Gasteiger partial charge in [0, 0.05) is 11.6 Å². The van der Waals surface area contributed by atoms with Crippen LogP contribution in [0.5, 0.6) is 0 Å². The second-order valence-electron chi connectivity index (χ2n) is 5.12.